The summed E-state index contributed by atoms with van der Waals surface area (Å²) in [5, 5.41) is 10.00. The Hall–Kier alpha value is -2.16. The zero-order valence-corrected chi connectivity index (χ0v) is 9.12. The Morgan fingerprint density at radius 3 is 2.00 bits per heavy atom. The Labute approximate surface area is 95.0 Å². The van der Waals surface area contributed by atoms with Crippen molar-refractivity contribution in [3.63, 3.8) is 0 Å². The van der Waals surface area contributed by atoms with Gasteiger partial charge in [0.25, 0.3) is 0 Å². The Balaban J connectivity index is 2.08. The van der Waals surface area contributed by atoms with Gasteiger partial charge < -0.3 is 0 Å². The van der Waals surface area contributed by atoms with Crippen LogP contribution in [0.5, 0.6) is 0 Å². The third-order valence-electron chi connectivity index (χ3n) is 2.18. The number of nitrogens with zero attached hydrogens (tertiary/aromatic N) is 3. The van der Waals surface area contributed by atoms with Gasteiger partial charge >= 0.3 is 0 Å². The Morgan fingerprint density at radius 2 is 1.38 bits per heavy atom. The zero-order valence-electron chi connectivity index (χ0n) is 9.12. The van der Waals surface area contributed by atoms with Gasteiger partial charge in [0.05, 0.1) is 11.4 Å². The van der Waals surface area contributed by atoms with Crippen LogP contribution in [-0.4, -0.2) is 7.05 Å². The predicted molar refractivity (Wildman–Crippen MR) is 65.8 cm³/mol. The molecule has 0 amide bonds. The molecule has 0 atom stereocenters. The van der Waals surface area contributed by atoms with Gasteiger partial charge in [0, 0.05) is 7.05 Å². The van der Waals surface area contributed by atoms with Crippen molar-refractivity contribution in [1.82, 2.24) is 0 Å². The van der Waals surface area contributed by atoms with E-state index in [2.05, 4.69) is 10.3 Å². The minimum atomic E-state index is 0.852. The molecule has 80 valence electrons. The van der Waals surface area contributed by atoms with E-state index in [1.807, 2.05) is 67.7 Å². The highest BCUT2D eigenvalue weighted by Crippen LogP contribution is 2.15. The lowest BCUT2D eigenvalue weighted by Gasteiger charge is -2.10. The maximum Gasteiger partial charge on any atom is 0.0874 e. The topological polar surface area (TPSA) is 28.0 Å². The van der Waals surface area contributed by atoms with Crippen LogP contribution in [0.15, 0.2) is 71.0 Å². The molecule has 0 saturated carbocycles. The normalized spacial score (nSPS) is 10.6. The second-order valence-electron chi connectivity index (χ2n) is 3.38. The molecule has 0 fully saturated rings. The summed E-state index contributed by atoms with van der Waals surface area (Å²) in [6.07, 6.45) is 0. The summed E-state index contributed by atoms with van der Waals surface area (Å²) in [6.45, 7) is 0. The van der Waals surface area contributed by atoms with E-state index in [-0.39, 0.29) is 0 Å². The van der Waals surface area contributed by atoms with Crippen LogP contribution >= 0.6 is 0 Å². The van der Waals surface area contributed by atoms with Crippen molar-refractivity contribution in [2.45, 2.75) is 0 Å². The summed E-state index contributed by atoms with van der Waals surface area (Å²) >= 11 is 0. The van der Waals surface area contributed by atoms with Crippen LogP contribution < -0.4 is 5.01 Å². The molecule has 0 saturated heterocycles. The Kier molecular flexibility index (Phi) is 3.28. The molecule has 2 aromatic rings. The fourth-order valence-corrected chi connectivity index (χ4v) is 1.31. The number of benzene rings is 2. The molecule has 0 heterocycles. The molecule has 0 bridgehead atoms. The minimum absolute atomic E-state index is 0.852. The van der Waals surface area contributed by atoms with Crippen LogP contribution in [-0.2, 0) is 0 Å². The van der Waals surface area contributed by atoms with Crippen molar-refractivity contribution in [3.8, 4) is 0 Å². The lowest BCUT2D eigenvalue weighted by molar-refractivity contribution is 0.924. The van der Waals surface area contributed by atoms with E-state index >= 15 is 0 Å². The van der Waals surface area contributed by atoms with Gasteiger partial charge in [-0.3, -0.25) is 0 Å². The number of hydrogen-bond donors (Lipinski definition) is 0. The van der Waals surface area contributed by atoms with Crippen LogP contribution in [0.3, 0.4) is 0 Å². The summed E-state index contributed by atoms with van der Waals surface area (Å²) in [5.41, 5.74) is 1.87. The molecule has 0 aliphatic carbocycles. The van der Waals surface area contributed by atoms with Gasteiger partial charge in [-0.1, -0.05) is 41.6 Å². The van der Waals surface area contributed by atoms with Crippen molar-refractivity contribution < 1.29 is 0 Å². The van der Waals surface area contributed by atoms with Crippen LogP contribution in [0.2, 0.25) is 0 Å². The largest absolute Gasteiger partial charge is 0.250 e. The number of rotatable bonds is 3. The van der Waals surface area contributed by atoms with Gasteiger partial charge in [-0.15, -0.1) is 5.11 Å². The average molecular weight is 211 g/mol. The number of anilines is 1. The van der Waals surface area contributed by atoms with Gasteiger partial charge in [0.15, 0.2) is 0 Å². The first-order chi connectivity index (χ1) is 7.86. The summed E-state index contributed by atoms with van der Waals surface area (Å²) in [7, 11) is 1.88. The van der Waals surface area contributed by atoms with E-state index in [1.165, 1.54) is 0 Å². The SMILES string of the molecule is CN(/N=N/c1ccccc1)c1ccccc1. The quantitative estimate of drug-likeness (QED) is 0.560. The summed E-state index contributed by atoms with van der Waals surface area (Å²) in [4.78, 5) is 0. The van der Waals surface area contributed by atoms with Crippen LogP contribution in [0.1, 0.15) is 0 Å². The van der Waals surface area contributed by atoms with E-state index in [1.54, 1.807) is 5.01 Å². The second-order valence-corrected chi connectivity index (χ2v) is 3.38. The first kappa shape index (κ1) is 10.4. The first-order valence-corrected chi connectivity index (χ1v) is 5.12. The van der Waals surface area contributed by atoms with Gasteiger partial charge in [0.2, 0.25) is 0 Å². The molecular formula is C13H13N3. The van der Waals surface area contributed by atoms with Gasteiger partial charge in [-0.2, -0.15) is 0 Å². The number of hydrogen-bond acceptors (Lipinski definition) is 2. The summed E-state index contributed by atoms with van der Waals surface area (Å²) in [6, 6.07) is 19.6. The molecule has 3 heteroatoms. The molecule has 3 nitrogen and oxygen atoms in total. The molecule has 2 aromatic carbocycles. The van der Waals surface area contributed by atoms with E-state index in [4.69, 9.17) is 0 Å². The van der Waals surface area contributed by atoms with Crippen LogP contribution in [0.4, 0.5) is 11.4 Å². The second kappa shape index (κ2) is 5.07. The van der Waals surface area contributed by atoms with E-state index in [9.17, 15) is 0 Å². The standard InChI is InChI=1S/C13H13N3/c1-16(13-10-6-3-7-11-13)15-14-12-8-4-2-5-9-12/h2-11H,1H3/b15-14+. The zero-order chi connectivity index (χ0) is 11.2. The number of para-hydroxylation sites is 1. The lowest BCUT2D eigenvalue weighted by Crippen LogP contribution is -2.06. The van der Waals surface area contributed by atoms with Gasteiger partial charge in [-0.25, -0.2) is 5.01 Å². The summed E-state index contributed by atoms with van der Waals surface area (Å²) < 4.78 is 0. The van der Waals surface area contributed by atoms with Crippen LogP contribution in [0.25, 0.3) is 0 Å². The fraction of sp³-hybridized carbons (Fsp3) is 0.0769. The monoisotopic (exact) mass is 211 g/mol. The molecule has 0 N–H and O–H groups in total. The van der Waals surface area contributed by atoms with E-state index in [0.717, 1.165) is 11.4 Å². The molecular weight excluding hydrogens is 198 g/mol. The summed E-state index contributed by atoms with van der Waals surface area (Å²) in [5.74, 6) is 0. The molecule has 0 unspecified atom stereocenters. The lowest BCUT2D eigenvalue weighted by atomic mass is 10.3. The molecule has 0 aliphatic rings. The van der Waals surface area contributed by atoms with E-state index in [0.29, 0.717) is 0 Å². The molecule has 0 spiro atoms. The minimum Gasteiger partial charge on any atom is -0.250 e. The van der Waals surface area contributed by atoms with Gasteiger partial charge in [0.1, 0.15) is 0 Å². The predicted octanol–water partition coefficient (Wildman–Crippen LogP) is 3.82. The Bertz CT molecular complexity index is 451. The molecule has 0 aromatic heterocycles. The molecule has 16 heavy (non-hydrogen) atoms. The smallest absolute Gasteiger partial charge is 0.0874 e. The first-order valence-electron chi connectivity index (χ1n) is 5.12. The highest BCUT2D eigenvalue weighted by atomic mass is 15.5. The Morgan fingerprint density at radius 1 is 0.812 bits per heavy atom. The van der Waals surface area contributed by atoms with Crippen LogP contribution in [0, 0.1) is 0 Å². The molecule has 0 radical (unpaired) electrons. The maximum absolute atomic E-state index is 4.13. The molecule has 0 aliphatic heterocycles. The van der Waals surface area contributed by atoms with E-state index < -0.39 is 0 Å². The maximum atomic E-state index is 4.13. The van der Waals surface area contributed by atoms with Crippen molar-refractivity contribution >= 4 is 11.4 Å². The highest BCUT2D eigenvalue weighted by molar-refractivity contribution is 5.44. The highest BCUT2D eigenvalue weighted by Gasteiger charge is 1.95. The van der Waals surface area contributed by atoms with Crippen molar-refractivity contribution in [1.29, 1.82) is 0 Å². The van der Waals surface area contributed by atoms with Gasteiger partial charge in [-0.05, 0) is 24.3 Å². The fourth-order valence-electron chi connectivity index (χ4n) is 1.31. The average Bonchev–Trinajstić information content (AvgIpc) is 2.38. The third kappa shape index (κ3) is 2.67. The van der Waals surface area contributed by atoms with Crippen molar-refractivity contribution in [2.24, 2.45) is 10.3 Å². The van der Waals surface area contributed by atoms with Crippen molar-refractivity contribution in [2.75, 3.05) is 12.1 Å². The third-order valence-corrected chi connectivity index (χ3v) is 2.18. The van der Waals surface area contributed by atoms with Crippen molar-refractivity contribution in [3.05, 3.63) is 60.7 Å². The molecule has 2 rings (SSSR count).